The molecule has 1 amide bonds. The average molecular weight is 215 g/mol. The molecule has 0 bridgehead atoms. The van der Waals surface area contributed by atoms with Gasteiger partial charge in [0.05, 0.1) is 5.60 Å². The first-order chi connectivity index (χ1) is 6.60. The highest BCUT2D eigenvalue weighted by molar-refractivity contribution is 5.75. The van der Waals surface area contributed by atoms with Crippen LogP contribution >= 0.6 is 0 Å². The van der Waals surface area contributed by atoms with E-state index >= 15 is 0 Å². The van der Waals surface area contributed by atoms with E-state index in [2.05, 4.69) is 26.1 Å². The molecule has 0 aromatic heterocycles. The van der Waals surface area contributed by atoms with Gasteiger partial charge in [0.25, 0.3) is 0 Å². The standard InChI is InChI=1S/C12H25NO2/c1-11(2,3)8-7-10(14)13-9-15-12(4,5)6/h7-9H2,1-6H3,(H,13,14). The summed E-state index contributed by atoms with van der Waals surface area (Å²) < 4.78 is 5.40. The van der Waals surface area contributed by atoms with Gasteiger partial charge in [0.1, 0.15) is 6.73 Å². The molecule has 15 heavy (non-hydrogen) atoms. The molecule has 0 fully saturated rings. The van der Waals surface area contributed by atoms with Crippen LogP contribution in [0.1, 0.15) is 54.4 Å². The minimum atomic E-state index is -0.197. The SMILES string of the molecule is CC(C)(C)CCC(=O)NCOC(C)(C)C. The van der Waals surface area contributed by atoms with Gasteiger partial charge in [0.15, 0.2) is 0 Å². The molecular formula is C12H25NO2. The predicted molar refractivity (Wildman–Crippen MR) is 62.5 cm³/mol. The fourth-order valence-corrected chi connectivity index (χ4v) is 0.910. The fraction of sp³-hybridized carbons (Fsp3) is 0.917. The van der Waals surface area contributed by atoms with Crippen LogP contribution in [-0.4, -0.2) is 18.2 Å². The van der Waals surface area contributed by atoms with E-state index in [-0.39, 0.29) is 16.9 Å². The molecule has 0 heterocycles. The Morgan fingerprint density at radius 1 is 1.13 bits per heavy atom. The van der Waals surface area contributed by atoms with Crippen molar-refractivity contribution in [1.29, 1.82) is 0 Å². The van der Waals surface area contributed by atoms with Crippen LogP contribution in [-0.2, 0) is 9.53 Å². The molecule has 3 heteroatoms. The molecule has 0 radical (unpaired) electrons. The van der Waals surface area contributed by atoms with Gasteiger partial charge in [0.2, 0.25) is 5.91 Å². The highest BCUT2D eigenvalue weighted by Gasteiger charge is 2.14. The summed E-state index contributed by atoms with van der Waals surface area (Å²) in [7, 11) is 0. The Morgan fingerprint density at radius 3 is 2.07 bits per heavy atom. The van der Waals surface area contributed by atoms with Gasteiger partial charge in [-0.2, -0.15) is 0 Å². The molecule has 0 saturated carbocycles. The topological polar surface area (TPSA) is 38.3 Å². The van der Waals surface area contributed by atoms with Crippen molar-refractivity contribution in [2.45, 2.75) is 60.0 Å². The Hall–Kier alpha value is -0.570. The molecule has 0 spiro atoms. The summed E-state index contributed by atoms with van der Waals surface area (Å²) in [6, 6.07) is 0. The average Bonchev–Trinajstić information content (AvgIpc) is 1.97. The lowest BCUT2D eigenvalue weighted by atomic mass is 9.90. The number of hydrogen-bond acceptors (Lipinski definition) is 2. The molecule has 0 aromatic carbocycles. The number of rotatable bonds is 4. The maximum absolute atomic E-state index is 11.4. The van der Waals surface area contributed by atoms with E-state index < -0.39 is 0 Å². The minimum absolute atomic E-state index is 0.0641. The lowest BCUT2D eigenvalue weighted by Gasteiger charge is -2.20. The smallest absolute Gasteiger partial charge is 0.221 e. The third-order valence-corrected chi connectivity index (χ3v) is 1.88. The molecule has 0 aliphatic rings. The molecule has 3 nitrogen and oxygen atoms in total. The van der Waals surface area contributed by atoms with Gasteiger partial charge in [-0.3, -0.25) is 4.79 Å². The normalized spacial score (nSPS) is 12.7. The van der Waals surface area contributed by atoms with Crippen molar-refractivity contribution >= 4 is 5.91 Å². The lowest BCUT2D eigenvalue weighted by Crippen LogP contribution is -2.32. The molecule has 0 aromatic rings. The number of hydrogen-bond donors (Lipinski definition) is 1. The summed E-state index contributed by atoms with van der Waals surface area (Å²) in [5.41, 5.74) is 0.0134. The molecule has 0 unspecified atom stereocenters. The van der Waals surface area contributed by atoms with Crippen LogP contribution in [0.5, 0.6) is 0 Å². The van der Waals surface area contributed by atoms with Crippen molar-refractivity contribution in [3.8, 4) is 0 Å². The maximum atomic E-state index is 11.4. The van der Waals surface area contributed by atoms with E-state index in [0.29, 0.717) is 13.2 Å². The second-order valence-electron chi connectivity index (χ2n) is 6.06. The fourth-order valence-electron chi connectivity index (χ4n) is 0.910. The number of carbonyl (C=O) groups is 1. The monoisotopic (exact) mass is 215 g/mol. The van der Waals surface area contributed by atoms with E-state index in [0.717, 1.165) is 6.42 Å². The Morgan fingerprint density at radius 2 is 1.67 bits per heavy atom. The summed E-state index contributed by atoms with van der Waals surface area (Å²) in [4.78, 5) is 11.4. The van der Waals surface area contributed by atoms with Gasteiger partial charge in [-0.05, 0) is 32.6 Å². The minimum Gasteiger partial charge on any atom is -0.356 e. The van der Waals surface area contributed by atoms with Crippen LogP contribution in [0.4, 0.5) is 0 Å². The summed E-state index contributed by atoms with van der Waals surface area (Å²) in [5, 5.41) is 2.75. The van der Waals surface area contributed by atoms with Crippen molar-refractivity contribution < 1.29 is 9.53 Å². The quantitative estimate of drug-likeness (QED) is 0.732. The van der Waals surface area contributed by atoms with Crippen LogP contribution in [0.2, 0.25) is 0 Å². The highest BCUT2D eigenvalue weighted by Crippen LogP contribution is 2.20. The maximum Gasteiger partial charge on any atom is 0.221 e. The van der Waals surface area contributed by atoms with Crippen molar-refractivity contribution in [2.75, 3.05) is 6.73 Å². The molecule has 90 valence electrons. The Balaban J connectivity index is 3.60. The van der Waals surface area contributed by atoms with Crippen LogP contribution in [0.3, 0.4) is 0 Å². The summed E-state index contributed by atoms with van der Waals surface area (Å²) in [6.45, 7) is 12.6. The summed E-state index contributed by atoms with van der Waals surface area (Å²) in [5.74, 6) is 0.0641. The zero-order valence-electron chi connectivity index (χ0n) is 10.9. The van der Waals surface area contributed by atoms with Crippen molar-refractivity contribution in [1.82, 2.24) is 5.32 Å². The number of ether oxygens (including phenoxy) is 1. The first kappa shape index (κ1) is 14.4. The number of carbonyl (C=O) groups excluding carboxylic acids is 1. The van der Waals surface area contributed by atoms with Gasteiger partial charge >= 0.3 is 0 Å². The molecule has 0 rings (SSSR count). The predicted octanol–water partition coefficient (Wildman–Crippen LogP) is 2.70. The largest absolute Gasteiger partial charge is 0.356 e. The zero-order valence-corrected chi connectivity index (χ0v) is 10.9. The van der Waals surface area contributed by atoms with E-state index in [9.17, 15) is 4.79 Å². The molecular weight excluding hydrogens is 190 g/mol. The summed E-state index contributed by atoms with van der Waals surface area (Å²) >= 11 is 0. The van der Waals surface area contributed by atoms with Crippen molar-refractivity contribution in [3.63, 3.8) is 0 Å². The van der Waals surface area contributed by atoms with Crippen LogP contribution < -0.4 is 5.32 Å². The number of amides is 1. The van der Waals surface area contributed by atoms with Gasteiger partial charge in [-0.25, -0.2) is 0 Å². The number of nitrogens with one attached hydrogen (secondary N) is 1. The van der Waals surface area contributed by atoms with Crippen LogP contribution in [0.15, 0.2) is 0 Å². The third-order valence-electron chi connectivity index (χ3n) is 1.88. The van der Waals surface area contributed by atoms with Crippen molar-refractivity contribution in [2.24, 2.45) is 5.41 Å². The molecule has 0 saturated heterocycles. The van der Waals surface area contributed by atoms with Crippen LogP contribution in [0, 0.1) is 5.41 Å². The molecule has 0 aliphatic heterocycles. The van der Waals surface area contributed by atoms with E-state index in [1.807, 2.05) is 20.8 Å². The summed E-state index contributed by atoms with van der Waals surface area (Å²) in [6.07, 6.45) is 1.46. The van der Waals surface area contributed by atoms with E-state index in [1.165, 1.54) is 0 Å². The first-order valence-electron chi connectivity index (χ1n) is 5.51. The highest BCUT2D eigenvalue weighted by atomic mass is 16.5. The third kappa shape index (κ3) is 11.4. The Kier molecular flexibility index (Phi) is 5.29. The van der Waals surface area contributed by atoms with Gasteiger partial charge in [-0.1, -0.05) is 20.8 Å². The van der Waals surface area contributed by atoms with E-state index in [4.69, 9.17) is 4.74 Å². The second-order valence-corrected chi connectivity index (χ2v) is 6.06. The Bertz CT molecular complexity index is 199. The zero-order chi connectivity index (χ0) is 12.1. The molecule has 0 aliphatic carbocycles. The molecule has 1 N–H and O–H groups in total. The lowest BCUT2D eigenvalue weighted by molar-refractivity contribution is -0.125. The van der Waals surface area contributed by atoms with Gasteiger partial charge in [0, 0.05) is 6.42 Å². The Labute approximate surface area is 93.6 Å². The first-order valence-corrected chi connectivity index (χ1v) is 5.51. The second kappa shape index (κ2) is 5.50. The van der Waals surface area contributed by atoms with E-state index in [1.54, 1.807) is 0 Å². The molecule has 0 atom stereocenters. The van der Waals surface area contributed by atoms with Gasteiger partial charge < -0.3 is 10.1 Å². The van der Waals surface area contributed by atoms with Crippen molar-refractivity contribution in [3.05, 3.63) is 0 Å². The van der Waals surface area contributed by atoms with Gasteiger partial charge in [-0.15, -0.1) is 0 Å². The van der Waals surface area contributed by atoms with Crippen LogP contribution in [0.25, 0.3) is 0 Å².